The Morgan fingerprint density at radius 2 is 1.80 bits per heavy atom. The van der Waals surface area contributed by atoms with Gasteiger partial charge in [-0.25, -0.2) is 0 Å². The van der Waals surface area contributed by atoms with Gasteiger partial charge in [-0.2, -0.15) is 0 Å². The predicted octanol–water partition coefficient (Wildman–Crippen LogP) is 3.56. The third kappa shape index (κ3) is 2.96. The molecule has 1 fully saturated rings. The van der Waals surface area contributed by atoms with Gasteiger partial charge in [-0.05, 0) is 51.1 Å². The van der Waals surface area contributed by atoms with Crippen molar-refractivity contribution in [2.75, 3.05) is 18.4 Å². The van der Waals surface area contributed by atoms with Crippen LogP contribution in [0.2, 0.25) is 5.02 Å². The summed E-state index contributed by atoms with van der Waals surface area (Å²) in [6.45, 7) is 3.63. The van der Waals surface area contributed by atoms with Gasteiger partial charge in [0, 0.05) is 16.1 Å². The molecular formula is C20H20ClN3O. The van der Waals surface area contributed by atoms with E-state index in [2.05, 4.69) is 41.8 Å². The summed E-state index contributed by atoms with van der Waals surface area (Å²) in [7, 11) is 0. The number of amides is 1. The predicted molar refractivity (Wildman–Crippen MR) is 102 cm³/mol. The Balaban J connectivity index is 1.93. The molecule has 25 heavy (non-hydrogen) atoms. The van der Waals surface area contributed by atoms with Crippen LogP contribution in [0, 0.1) is 6.92 Å². The molecule has 128 valence electrons. The maximum atomic E-state index is 13.0. The fourth-order valence-corrected chi connectivity index (χ4v) is 3.67. The fraction of sp³-hybridized carbons (Fsp3) is 0.300. The van der Waals surface area contributed by atoms with Crippen LogP contribution in [0.4, 0.5) is 5.69 Å². The van der Waals surface area contributed by atoms with Crippen molar-refractivity contribution in [1.29, 1.82) is 0 Å². The minimum Gasteiger partial charge on any atom is -0.323 e. The molecule has 0 saturated carbocycles. The van der Waals surface area contributed by atoms with Crippen LogP contribution >= 0.6 is 11.6 Å². The molecule has 2 aliphatic rings. The van der Waals surface area contributed by atoms with Gasteiger partial charge >= 0.3 is 0 Å². The average Bonchev–Trinajstić information content (AvgIpc) is 2.73. The quantitative estimate of drug-likeness (QED) is 0.823. The number of piperidine rings is 1. The van der Waals surface area contributed by atoms with E-state index in [9.17, 15) is 4.79 Å². The Hall–Kier alpha value is -2.17. The second kappa shape index (κ2) is 6.28. The summed E-state index contributed by atoms with van der Waals surface area (Å²) in [4.78, 5) is 18.0. The average molecular weight is 354 g/mol. The standard InChI is InChI=1S/C20H20ClN3O/c1-13-2-4-14(5-3-13)18-16-12-15(21)6-7-17(16)23-19(25)20(24-18)8-10-22-11-9-20/h2-7,12,22H,8-11H2,1H3,(H,23,25). The first-order valence-electron chi connectivity index (χ1n) is 8.56. The van der Waals surface area contributed by atoms with Crippen LogP contribution in [-0.2, 0) is 4.79 Å². The lowest BCUT2D eigenvalue weighted by Gasteiger charge is -2.32. The molecule has 0 unspecified atom stereocenters. The van der Waals surface area contributed by atoms with Gasteiger partial charge in [0.15, 0.2) is 0 Å². The highest BCUT2D eigenvalue weighted by molar-refractivity contribution is 6.32. The van der Waals surface area contributed by atoms with E-state index in [4.69, 9.17) is 16.6 Å². The molecule has 4 rings (SSSR count). The molecule has 2 aliphatic heterocycles. The van der Waals surface area contributed by atoms with Crippen LogP contribution in [0.25, 0.3) is 0 Å². The van der Waals surface area contributed by atoms with Crippen LogP contribution in [0.15, 0.2) is 47.5 Å². The molecule has 1 spiro atoms. The summed E-state index contributed by atoms with van der Waals surface area (Å²) in [6, 6.07) is 13.8. The van der Waals surface area contributed by atoms with Crippen molar-refractivity contribution < 1.29 is 4.79 Å². The van der Waals surface area contributed by atoms with Crippen molar-refractivity contribution in [2.45, 2.75) is 25.3 Å². The van der Waals surface area contributed by atoms with Crippen LogP contribution in [0.5, 0.6) is 0 Å². The number of halogens is 1. The smallest absolute Gasteiger partial charge is 0.252 e. The zero-order chi connectivity index (χ0) is 17.4. The first-order valence-corrected chi connectivity index (χ1v) is 8.94. The highest BCUT2D eigenvalue weighted by Gasteiger charge is 2.42. The summed E-state index contributed by atoms with van der Waals surface area (Å²) in [5.41, 5.74) is 3.94. The number of carbonyl (C=O) groups excluding carboxylic acids is 1. The van der Waals surface area contributed by atoms with Crippen molar-refractivity contribution in [3.63, 3.8) is 0 Å². The van der Waals surface area contributed by atoms with E-state index in [1.165, 1.54) is 5.56 Å². The minimum absolute atomic E-state index is 0.0281. The van der Waals surface area contributed by atoms with E-state index < -0.39 is 5.54 Å². The van der Waals surface area contributed by atoms with Crippen LogP contribution in [0.3, 0.4) is 0 Å². The second-order valence-electron chi connectivity index (χ2n) is 6.75. The summed E-state index contributed by atoms with van der Waals surface area (Å²) in [6.07, 6.45) is 1.38. The maximum Gasteiger partial charge on any atom is 0.252 e. The molecule has 0 bridgehead atoms. The van der Waals surface area contributed by atoms with Gasteiger partial charge in [0.25, 0.3) is 5.91 Å². The molecule has 2 aromatic carbocycles. The highest BCUT2D eigenvalue weighted by atomic mass is 35.5. The van der Waals surface area contributed by atoms with Crippen molar-refractivity contribution >= 4 is 28.9 Å². The van der Waals surface area contributed by atoms with E-state index in [1.54, 1.807) is 6.07 Å². The SMILES string of the molecule is Cc1ccc(C2=NC3(CCNCC3)C(=O)Nc3ccc(Cl)cc32)cc1. The van der Waals surface area contributed by atoms with Gasteiger partial charge in [0.1, 0.15) is 5.54 Å². The lowest BCUT2D eigenvalue weighted by Crippen LogP contribution is -2.49. The van der Waals surface area contributed by atoms with E-state index in [0.717, 1.165) is 35.6 Å². The van der Waals surface area contributed by atoms with E-state index in [0.29, 0.717) is 17.9 Å². The number of rotatable bonds is 1. The van der Waals surface area contributed by atoms with Crippen molar-refractivity contribution in [3.8, 4) is 0 Å². The first kappa shape index (κ1) is 16.3. The molecule has 0 radical (unpaired) electrons. The second-order valence-corrected chi connectivity index (χ2v) is 7.19. The molecule has 2 N–H and O–H groups in total. The number of anilines is 1. The molecule has 2 aromatic rings. The lowest BCUT2D eigenvalue weighted by molar-refractivity contribution is -0.121. The van der Waals surface area contributed by atoms with Crippen LogP contribution in [-0.4, -0.2) is 30.2 Å². The summed E-state index contributed by atoms with van der Waals surface area (Å²) in [5.74, 6) is -0.0281. The third-order valence-corrected chi connectivity index (χ3v) is 5.22. The van der Waals surface area contributed by atoms with Gasteiger partial charge in [-0.15, -0.1) is 0 Å². The number of hydrogen-bond donors (Lipinski definition) is 2. The molecule has 5 heteroatoms. The molecular weight excluding hydrogens is 334 g/mol. The summed E-state index contributed by atoms with van der Waals surface area (Å²) in [5, 5.41) is 7.03. The zero-order valence-corrected chi connectivity index (χ0v) is 14.9. The van der Waals surface area contributed by atoms with Crippen molar-refractivity contribution in [2.24, 2.45) is 4.99 Å². The third-order valence-electron chi connectivity index (χ3n) is 4.99. The monoisotopic (exact) mass is 353 g/mol. The highest BCUT2D eigenvalue weighted by Crippen LogP contribution is 2.34. The lowest BCUT2D eigenvalue weighted by atomic mass is 9.87. The Labute approximate surface area is 152 Å². The van der Waals surface area contributed by atoms with Gasteiger partial charge in [0.2, 0.25) is 0 Å². The van der Waals surface area contributed by atoms with Crippen molar-refractivity contribution in [3.05, 3.63) is 64.2 Å². The molecule has 1 saturated heterocycles. The van der Waals surface area contributed by atoms with Gasteiger partial charge in [0.05, 0.1) is 11.4 Å². The number of hydrogen-bond acceptors (Lipinski definition) is 3. The molecule has 0 atom stereocenters. The Kier molecular flexibility index (Phi) is 4.10. The van der Waals surface area contributed by atoms with Crippen LogP contribution < -0.4 is 10.6 Å². The molecule has 4 nitrogen and oxygen atoms in total. The zero-order valence-electron chi connectivity index (χ0n) is 14.1. The number of aliphatic imine (C=N–C) groups is 1. The topological polar surface area (TPSA) is 53.5 Å². The number of carbonyl (C=O) groups is 1. The molecule has 0 aliphatic carbocycles. The number of nitrogens with zero attached hydrogens (tertiary/aromatic N) is 1. The van der Waals surface area contributed by atoms with E-state index in [1.807, 2.05) is 12.1 Å². The molecule has 1 amide bonds. The Morgan fingerprint density at radius 3 is 2.52 bits per heavy atom. The minimum atomic E-state index is -0.725. The summed E-state index contributed by atoms with van der Waals surface area (Å²) < 4.78 is 0. The number of benzene rings is 2. The van der Waals surface area contributed by atoms with Gasteiger partial charge in [-0.1, -0.05) is 41.4 Å². The number of fused-ring (bicyclic) bond motifs is 1. The normalized spacial score (nSPS) is 19.0. The van der Waals surface area contributed by atoms with E-state index in [-0.39, 0.29) is 5.91 Å². The molecule has 2 heterocycles. The van der Waals surface area contributed by atoms with Crippen molar-refractivity contribution in [1.82, 2.24) is 5.32 Å². The number of nitrogens with one attached hydrogen (secondary N) is 2. The number of aryl methyl sites for hydroxylation is 1. The summed E-state index contributed by atoms with van der Waals surface area (Å²) >= 11 is 6.24. The van der Waals surface area contributed by atoms with Gasteiger partial charge in [-0.3, -0.25) is 9.79 Å². The fourth-order valence-electron chi connectivity index (χ4n) is 3.50. The van der Waals surface area contributed by atoms with Gasteiger partial charge < -0.3 is 10.6 Å². The Bertz CT molecular complexity index is 852. The van der Waals surface area contributed by atoms with E-state index >= 15 is 0 Å². The first-order chi connectivity index (χ1) is 12.1. The molecule has 0 aromatic heterocycles. The maximum absolute atomic E-state index is 13.0. The largest absolute Gasteiger partial charge is 0.323 e. The Morgan fingerprint density at radius 1 is 1.08 bits per heavy atom. The van der Waals surface area contributed by atoms with Crippen LogP contribution in [0.1, 0.15) is 29.5 Å².